The number of aryl methyl sites for hydroxylation is 1. The van der Waals surface area contributed by atoms with Gasteiger partial charge in [-0.2, -0.15) is 0 Å². The third-order valence-corrected chi connectivity index (χ3v) is 7.04. The SMILES string of the molecule is CCOc1ccc(/C(O)=C2/C(=O)C(=O)N(Cc3cccnc3)C2c2sccc2C)cc1C(C)C. The van der Waals surface area contributed by atoms with Crippen LogP contribution >= 0.6 is 11.3 Å². The molecule has 7 heteroatoms. The number of thiophene rings is 1. The zero-order valence-corrected chi connectivity index (χ0v) is 20.6. The van der Waals surface area contributed by atoms with Gasteiger partial charge in [-0.25, -0.2) is 0 Å². The van der Waals surface area contributed by atoms with Gasteiger partial charge in [-0.1, -0.05) is 19.9 Å². The number of aliphatic hydroxyl groups is 1. The number of hydrogen-bond donors (Lipinski definition) is 1. The van der Waals surface area contributed by atoms with Gasteiger partial charge in [-0.15, -0.1) is 11.3 Å². The molecule has 1 N–H and O–H groups in total. The minimum absolute atomic E-state index is 0.110. The predicted octanol–water partition coefficient (Wildman–Crippen LogP) is 5.60. The molecule has 34 heavy (non-hydrogen) atoms. The molecule has 0 radical (unpaired) electrons. The molecule has 0 saturated carbocycles. The molecule has 0 bridgehead atoms. The van der Waals surface area contributed by atoms with Gasteiger partial charge in [0.05, 0.1) is 12.2 Å². The van der Waals surface area contributed by atoms with Gasteiger partial charge >= 0.3 is 0 Å². The lowest BCUT2D eigenvalue weighted by molar-refractivity contribution is -0.140. The summed E-state index contributed by atoms with van der Waals surface area (Å²) < 4.78 is 5.74. The Morgan fingerprint density at radius 1 is 1.24 bits per heavy atom. The highest BCUT2D eigenvalue weighted by molar-refractivity contribution is 7.10. The fourth-order valence-corrected chi connectivity index (χ4v) is 5.30. The monoisotopic (exact) mass is 476 g/mol. The fraction of sp³-hybridized carbons (Fsp3) is 0.296. The van der Waals surface area contributed by atoms with E-state index in [9.17, 15) is 14.7 Å². The molecule has 4 rings (SSSR count). The molecule has 1 atom stereocenters. The summed E-state index contributed by atoms with van der Waals surface area (Å²) >= 11 is 1.47. The largest absolute Gasteiger partial charge is 0.507 e. The van der Waals surface area contributed by atoms with Crippen LogP contribution in [0.2, 0.25) is 0 Å². The molecule has 2 aromatic heterocycles. The predicted molar refractivity (Wildman–Crippen MR) is 133 cm³/mol. The molecule has 1 fully saturated rings. The van der Waals surface area contributed by atoms with Gasteiger partial charge in [-0.3, -0.25) is 14.6 Å². The van der Waals surface area contributed by atoms with Crippen LogP contribution in [0.1, 0.15) is 59.9 Å². The van der Waals surface area contributed by atoms with Gasteiger partial charge < -0.3 is 14.7 Å². The number of carbonyl (C=O) groups excluding carboxylic acids is 2. The average molecular weight is 477 g/mol. The van der Waals surface area contributed by atoms with Crippen molar-refractivity contribution < 1.29 is 19.4 Å². The minimum Gasteiger partial charge on any atom is -0.507 e. The summed E-state index contributed by atoms with van der Waals surface area (Å²) in [6, 6.07) is 10.3. The number of amides is 1. The lowest BCUT2D eigenvalue weighted by Crippen LogP contribution is -2.29. The normalized spacial score (nSPS) is 17.6. The van der Waals surface area contributed by atoms with Crippen LogP contribution in [0.25, 0.3) is 5.76 Å². The average Bonchev–Trinajstić information content (AvgIpc) is 3.35. The van der Waals surface area contributed by atoms with E-state index < -0.39 is 17.7 Å². The van der Waals surface area contributed by atoms with Gasteiger partial charge in [0.25, 0.3) is 11.7 Å². The fourth-order valence-electron chi connectivity index (χ4n) is 4.26. The molecule has 0 spiro atoms. The summed E-state index contributed by atoms with van der Waals surface area (Å²) in [6.45, 7) is 8.71. The van der Waals surface area contributed by atoms with E-state index in [0.29, 0.717) is 12.2 Å². The van der Waals surface area contributed by atoms with Crippen molar-refractivity contribution in [3.05, 3.63) is 86.9 Å². The number of carbonyl (C=O) groups is 2. The van der Waals surface area contributed by atoms with E-state index in [1.54, 1.807) is 24.5 Å². The minimum atomic E-state index is -0.681. The zero-order chi connectivity index (χ0) is 24.4. The standard InChI is InChI=1S/C27H28N2O4S/c1-5-33-21-9-8-19(13-20(21)16(2)3)24(30)22-23(26-17(4)10-12-34-26)29(27(32)25(22)31)15-18-7-6-11-28-14-18/h6-14,16,23,30H,5,15H2,1-4H3/b24-22-. The lowest BCUT2D eigenvalue weighted by atomic mass is 9.94. The maximum absolute atomic E-state index is 13.3. The lowest BCUT2D eigenvalue weighted by Gasteiger charge is -2.25. The summed E-state index contributed by atoms with van der Waals surface area (Å²) in [5.74, 6) is -0.582. The second-order valence-electron chi connectivity index (χ2n) is 8.60. The third-order valence-electron chi connectivity index (χ3n) is 5.97. The first-order chi connectivity index (χ1) is 16.3. The number of benzene rings is 1. The number of ether oxygens (including phenoxy) is 1. The summed E-state index contributed by atoms with van der Waals surface area (Å²) in [4.78, 5) is 33.0. The summed E-state index contributed by atoms with van der Waals surface area (Å²) in [6.07, 6.45) is 3.34. The first-order valence-electron chi connectivity index (χ1n) is 11.3. The molecule has 1 aliphatic rings. The number of aromatic nitrogens is 1. The van der Waals surface area contributed by atoms with Crippen molar-refractivity contribution in [2.75, 3.05) is 6.61 Å². The molecule has 3 aromatic rings. The van der Waals surface area contributed by atoms with Gasteiger partial charge in [-0.05, 0) is 72.2 Å². The van der Waals surface area contributed by atoms with E-state index in [0.717, 1.165) is 27.3 Å². The smallest absolute Gasteiger partial charge is 0.295 e. The van der Waals surface area contributed by atoms with Crippen LogP contribution in [-0.4, -0.2) is 33.3 Å². The van der Waals surface area contributed by atoms with Gasteiger partial charge in [0.1, 0.15) is 17.6 Å². The van der Waals surface area contributed by atoms with Gasteiger partial charge in [0.2, 0.25) is 0 Å². The van der Waals surface area contributed by atoms with Gasteiger partial charge in [0.15, 0.2) is 0 Å². The summed E-state index contributed by atoms with van der Waals surface area (Å²) in [5, 5.41) is 13.3. The van der Waals surface area contributed by atoms with Crippen LogP contribution in [0.3, 0.4) is 0 Å². The molecule has 1 amide bonds. The number of ketones is 1. The quantitative estimate of drug-likeness (QED) is 0.273. The Hall–Kier alpha value is -3.45. The summed E-state index contributed by atoms with van der Waals surface area (Å²) in [5.41, 5.74) is 3.31. The molecule has 1 aromatic carbocycles. The molecule has 1 aliphatic heterocycles. The molecule has 6 nitrogen and oxygen atoms in total. The zero-order valence-electron chi connectivity index (χ0n) is 19.7. The van der Waals surface area contributed by atoms with E-state index in [4.69, 9.17) is 4.74 Å². The van der Waals surface area contributed by atoms with E-state index in [1.165, 1.54) is 16.2 Å². The van der Waals surface area contributed by atoms with E-state index in [-0.39, 0.29) is 23.8 Å². The number of pyridine rings is 1. The second-order valence-corrected chi connectivity index (χ2v) is 9.54. The Morgan fingerprint density at radius 2 is 2.03 bits per heavy atom. The van der Waals surface area contributed by atoms with Crippen molar-refractivity contribution in [2.24, 2.45) is 0 Å². The topological polar surface area (TPSA) is 79.7 Å². The highest BCUT2D eigenvalue weighted by Gasteiger charge is 2.47. The highest BCUT2D eigenvalue weighted by atomic mass is 32.1. The first-order valence-corrected chi connectivity index (χ1v) is 12.2. The first kappa shape index (κ1) is 23.7. The van der Waals surface area contributed by atoms with Crippen LogP contribution in [0.4, 0.5) is 0 Å². The summed E-state index contributed by atoms with van der Waals surface area (Å²) in [7, 11) is 0. The van der Waals surface area contributed by atoms with Crippen molar-refractivity contribution >= 4 is 28.8 Å². The molecule has 176 valence electrons. The Labute approximate surface area is 203 Å². The molecule has 1 unspecified atom stereocenters. The van der Waals surface area contributed by atoms with Crippen molar-refractivity contribution in [2.45, 2.75) is 46.2 Å². The van der Waals surface area contributed by atoms with Crippen LogP contribution in [0.15, 0.2) is 59.7 Å². The Bertz CT molecular complexity index is 1250. The molecular weight excluding hydrogens is 448 g/mol. The third kappa shape index (κ3) is 4.35. The number of rotatable bonds is 7. The molecule has 0 aliphatic carbocycles. The molecule has 3 heterocycles. The van der Waals surface area contributed by atoms with Crippen molar-refractivity contribution in [1.29, 1.82) is 0 Å². The van der Waals surface area contributed by atoms with Gasteiger partial charge in [0, 0.05) is 29.4 Å². The molecular formula is C27H28N2O4S. The Balaban J connectivity index is 1.86. The Morgan fingerprint density at radius 3 is 2.65 bits per heavy atom. The number of nitrogens with zero attached hydrogens (tertiary/aromatic N) is 2. The number of hydrogen-bond acceptors (Lipinski definition) is 6. The maximum atomic E-state index is 13.3. The number of Topliss-reactive ketones (excluding diaryl/α,β-unsaturated/α-hetero) is 1. The maximum Gasteiger partial charge on any atom is 0.295 e. The van der Waals surface area contributed by atoms with E-state index in [2.05, 4.69) is 4.98 Å². The number of likely N-dealkylation sites (tertiary alicyclic amines) is 1. The number of aliphatic hydroxyl groups excluding tert-OH is 1. The van der Waals surface area contributed by atoms with Crippen LogP contribution < -0.4 is 4.74 Å². The van der Waals surface area contributed by atoms with Crippen LogP contribution in [0.5, 0.6) is 5.75 Å². The highest BCUT2D eigenvalue weighted by Crippen LogP contribution is 2.43. The van der Waals surface area contributed by atoms with E-state index in [1.807, 2.05) is 57.3 Å². The van der Waals surface area contributed by atoms with Crippen LogP contribution in [-0.2, 0) is 16.1 Å². The molecule has 1 saturated heterocycles. The Kier molecular flexibility index (Phi) is 6.84. The van der Waals surface area contributed by atoms with Crippen molar-refractivity contribution in [1.82, 2.24) is 9.88 Å². The van der Waals surface area contributed by atoms with Crippen molar-refractivity contribution in [3.63, 3.8) is 0 Å². The van der Waals surface area contributed by atoms with Crippen molar-refractivity contribution in [3.8, 4) is 5.75 Å². The van der Waals surface area contributed by atoms with E-state index >= 15 is 0 Å². The second kappa shape index (κ2) is 9.81. The van der Waals surface area contributed by atoms with Crippen LogP contribution in [0, 0.1) is 6.92 Å².